The first kappa shape index (κ1) is 15.6. The molecule has 0 aliphatic carbocycles. The Morgan fingerprint density at radius 2 is 2.00 bits per heavy atom. The second kappa shape index (κ2) is 6.10. The molecule has 3 nitrogen and oxygen atoms in total. The van der Waals surface area contributed by atoms with E-state index in [1.165, 1.54) is 19.9 Å². The Hall–Kier alpha value is -1.49. The maximum atomic E-state index is 13.0. The lowest BCUT2D eigenvalue weighted by molar-refractivity contribution is -0.137. The topological polar surface area (TPSA) is 49.3 Å². The molecule has 1 aromatic rings. The maximum Gasteiger partial charge on any atom is 0.251 e. The summed E-state index contributed by atoms with van der Waals surface area (Å²) < 4.78 is 25.7. The Kier molecular flexibility index (Phi) is 5.00. The predicted octanol–water partition coefficient (Wildman–Crippen LogP) is 2.17. The molecule has 1 aromatic carbocycles. The van der Waals surface area contributed by atoms with Crippen LogP contribution in [0.2, 0.25) is 0 Å². The third-order valence-corrected chi connectivity index (χ3v) is 2.78. The lowest BCUT2D eigenvalue weighted by Gasteiger charge is -2.21. The minimum atomic E-state index is -1.42. The number of hydrogen-bond donors (Lipinski definition) is 2. The number of aliphatic hydroxyl groups is 1. The molecule has 19 heavy (non-hydrogen) atoms. The highest BCUT2D eigenvalue weighted by Gasteiger charge is 2.24. The molecule has 0 saturated heterocycles. The summed E-state index contributed by atoms with van der Waals surface area (Å²) in [7, 11) is 0. The largest absolute Gasteiger partial charge is 0.381 e. The van der Waals surface area contributed by atoms with Crippen molar-refractivity contribution in [3.63, 3.8) is 0 Å². The van der Waals surface area contributed by atoms with Gasteiger partial charge in [0.2, 0.25) is 0 Å². The van der Waals surface area contributed by atoms with Crippen molar-refractivity contribution >= 4 is 5.91 Å². The Morgan fingerprint density at radius 3 is 2.53 bits per heavy atom. The molecule has 0 bridgehead atoms. The molecular formula is C14H19F2NO2. The van der Waals surface area contributed by atoms with Crippen LogP contribution >= 0.6 is 0 Å². The van der Waals surface area contributed by atoms with Gasteiger partial charge in [-0.2, -0.15) is 0 Å². The van der Waals surface area contributed by atoms with Crippen LogP contribution in [0.4, 0.5) is 8.78 Å². The minimum absolute atomic E-state index is 0.160. The molecule has 0 spiro atoms. The van der Waals surface area contributed by atoms with Crippen molar-refractivity contribution in [3.8, 4) is 0 Å². The Balaban J connectivity index is 2.48. The van der Waals surface area contributed by atoms with E-state index in [9.17, 15) is 18.7 Å². The van der Waals surface area contributed by atoms with Crippen LogP contribution in [0.25, 0.3) is 0 Å². The van der Waals surface area contributed by atoms with E-state index in [1.54, 1.807) is 6.92 Å². The summed E-state index contributed by atoms with van der Waals surface area (Å²) in [5.74, 6) is -2.19. The first-order valence-corrected chi connectivity index (χ1v) is 6.17. The standard InChI is InChI=1S/C14H19F2NO2/c1-9(17-13(18)14(2,3)19)4-5-10-6-7-11(15)12(16)8-10/h6-9,19H,4-5H2,1-3H3,(H,17,18)/t9-/m1/s1. The molecule has 5 heteroatoms. The number of carbonyl (C=O) groups is 1. The van der Waals surface area contributed by atoms with Crippen LogP contribution in [-0.2, 0) is 11.2 Å². The third kappa shape index (κ3) is 4.95. The monoisotopic (exact) mass is 271 g/mol. The zero-order chi connectivity index (χ0) is 14.6. The van der Waals surface area contributed by atoms with Gasteiger partial charge in [-0.3, -0.25) is 4.79 Å². The highest BCUT2D eigenvalue weighted by Crippen LogP contribution is 2.11. The fourth-order valence-electron chi connectivity index (χ4n) is 1.55. The molecule has 0 aliphatic rings. The van der Waals surface area contributed by atoms with Crippen molar-refractivity contribution in [3.05, 3.63) is 35.4 Å². The zero-order valence-electron chi connectivity index (χ0n) is 11.3. The van der Waals surface area contributed by atoms with Crippen LogP contribution in [0.3, 0.4) is 0 Å². The van der Waals surface area contributed by atoms with Crippen molar-refractivity contribution < 1.29 is 18.7 Å². The molecule has 0 radical (unpaired) electrons. The van der Waals surface area contributed by atoms with Crippen molar-refractivity contribution in [2.45, 2.75) is 45.3 Å². The first-order valence-electron chi connectivity index (χ1n) is 6.17. The average Bonchev–Trinajstić information content (AvgIpc) is 2.29. The molecule has 0 fully saturated rings. The molecule has 0 unspecified atom stereocenters. The van der Waals surface area contributed by atoms with Crippen LogP contribution in [-0.4, -0.2) is 22.7 Å². The SMILES string of the molecule is C[C@H](CCc1ccc(F)c(F)c1)NC(=O)C(C)(C)O. The second-order valence-electron chi connectivity index (χ2n) is 5.22. The van der Waals surface area contributed by atoms with Crippen LogP contribution in [0.1, 0.15) is 32.8 Å². The normalized spacial score (nSPS) is 13.2. The first-order chi connectivity index (χ1) is 8.70. The van der Waals surface area contributed by atoms with Gasteiger partial charge in [-0.25, -0.2) is 8.78 Å². The number of nitrogens with one attached hydrogen (secondary N) is 1. The Morgan fingerprint density at radius 1 is 1.37 bits per heavy atom. The van der Waals surface area contributed by atoms with Crippen LogP contribution < -0.4 is 5.32 Å². The van der Waals surface area contributed by atoms with E-state index in [4.69, 9.17) is 0 Å². The fraction of sp³-hybridized carbons (Fsp3) is 0.500. The molecule has 106 valence electrons. The summed E-state index contributed by atoms with van der Waals surface area (Å²) >= 11 is 0. The predicted molar refractivity (Wildman–Crippen MR) is 68.6 cm³/mol. The van der Waals surface area contributed by atoms with Gasteiger partial charge >= 0.3 is 0 Å². The summed E-state index contributed by atoms with van der Waals surface area (Å²) in [5, 5.41) is 12.1. The molecule has 0 aromatic heterocycles. The summed E-state index contributed by atoms with van der Waals surface area (Å²) in [5.41, 5.74) is -0.751. The smallest absolute Gasteiger partial charge is 0.251 e. The van der Waals surface area contributed by atoms with Gasteiger partial charge in [-0.15, -0.1) is 0 Å². The Labute approximate surface area is 111 Å². The van der Waals surface area contributed by atoms with Gasteiger partial charge in [0.1, 0.15) is 5.60 Å². The average molecular weight is 271 g/mol. The van der Waals surface area contributed by atoms with Gasteiger partial charge in [0, 0.05) is 6.04 Å². The number of carbonyl (C=O) groups excluding carboxylic acids is 1. The fourth-order valence-corrected chi connectivity index (χ4v) is 1.55. The van der Waals surface area contributed by atoms with E-state index in [1.807, 2.05) is 0 Å². The molecule has 2 N–H and O–H groups in total. The molecule has 0 aliphatic heterocycles. The Bertz CT molecular complexity index is 455. The van der Waals surface area contributed by atoms with Gasteiger partial charge in [-0.1, -0.05) is 6.07 Å². The van der Waals surface area contributed by atoms with Gasteiger partial charge in [-0.05, 0) is 51.3 Å². The van der Waals surface area contributed by atoms with E-state index in [0.717, 1.165) is 12.1 Å². The van der Waals surface area contributed by atoms with Crippen LogP contribution in [0, 0.1) is 11.6 Å². The van der Waals surface area contributed by atoms with Crippen molar-refractivity contribution in [1.29, 1.82) is 0 Å². The number of halogens is 2. The lowest BCUT2D eigenvalue weighted by Crippen LogP contribution is -2.45. The molecular weight excluding hydrogens is 252 g/mol. The second-order valence-corrected chi connectivity index (χ2v) is 5.22. The third-order valence-electron chi connectivity index (χ3n) is 2.78. The quantitative estimate of drug-likeness (QED) is 0.862. The van der Waals surface area contributed by atoms with E-state index < -0.39 is 23.1 Å². The van der Waals surface area contributed by atoms with Gasteiger partial charge in [0.25, 0.3) is 5.91 Å². The summed E-state index contributed by atoms with van der Waals surface area (Å²) in [4.78, 5) is 11.5. The lowest BCUT2D eigenvalue weighted by atomic mass is 10.0. The van der Waals surface area contributed by atoms with Gasteiger partial charge < -0.3 is 10.4 Å². The van der Waals surface area contributed by atoms with E-state index in [-0.39, 0.29) is 6.04 Å². The minimum Gasteiger partial charge on any atom is -0.381 e. The summed E-state index contributed by atoms with van der Waals surface area (Å²) in [6.45, 7) is 4.61. The van der Waals surface area contributed by atoms with Crippen molar-refractivity contribution in [1.82, 2.24) is 5.32 Å². The summed E-state index contributed by atoms with van der Waals surface area (Å²) in [6, 6.07) is 3.60. The highest BCUT2D eigenvalue weighted by molar-refractivity contribution is 5.84. The molecule has 1 rings (SSSR count). The van der Waals surface area contributed by atoms with Gasteiger partial charge in [0.05, 0.1) is 0 Å². The maximum absolute atomic E-state index is 13.0. The number of aryl methyl sites for hydroxylation is 1. The number of benzene rings is 1. The zero-order valence-corrected chi connectivity index (χ0v) is 11.3. The highest BCUT2D eigenvalue weighted by atomic mass is 19.2. The van der Waals surface area contributed by atoms with Crippen molar-refractivity contribution in [2.24, 2.45) is 0 Å². The van der Waals surface area contributed by atoms with Gasteiger partial charge in [0.15, 0.2) is 11.6 Å². The van der Waals surface area contributed by atoms with Crippen LogP contribution in [0.15, 0.2) is 18.2 Å². The van der Waals surface area contributed by atoms with Crippen molar-refractivity contribution in [2.75, 3.05) is 0 Å². The number of rotatable bonds is 5. The van der Waals surface area contributed by atoms with Crippen LogP contribution in [0.5, 0.6) is 0 Å². The number of amides is 1. The van der Waals surface area contributed by atoms with E-state index >= 15 is 0 Å². The van der Waals surface area contributed by atoms with E-state index in [2.05, 4.69) is 5.32 Å². The summed E-state index contributed by atoms with van der Waals surface area (Å²) in [6.07, 6.45) is 1.09. The molecule has 0 saturated carbocycles. The molecule has 1 amide bonds. The molecule has 1 atom stereocenters. The van der Waals surface area contributed by atoms with E-state index in [0.29, 0.717) is 18.4 Å². The number of hydrogen-bond acceptors (Lipinski definition) is 2. The molecule has 0 heterocycles.